The molecular weight excluding hydrogens is 204 g/mol. The average molecular weight is 216 g/mol. The SMILES string of the molecule is CC1c2ccccc2C(C#N)N(N=O)N1C. The first-order valence-electron chi connectivity index (χ1n) is 5.04. The first-order chi connectivity index (χ1) is 7.70. The second kappa shape index (κ2) is 3.91. The monoisotopic (exact) mass is 216 g/mol. The maximum atomic E-state index is 10.8. The molecule has 5 nitrogen and oxygen atoms in total. The molecule has 82 valence electrons. The number of rotatable bonds is 1. The van der Waals surface area contributed by atoms with E-state index in [0.717, 1.165) is 11.1 Å². The fourth-order valence-corrected chi connectivity index (χ4v) is 2.05. The van der Waals surface area contributed by atoms with Crippen LogP contribution in [0.4, 0.5) is 0 Å². The van der Waals surface area contributed by atoms with Crippen molar-refractivity contribution in [1.29, 1.82) is 5.26 Å². The highest BCUT2D eigenvalue weighted by molar-refractivity contribution is 5.37. The fraction of sp³-hybridized carbons (Fsp3) is 0.364. The highest BCUT2D eigenvalue weighted by atomic mass is 16.3. The summed E-state index contributed by atoms with van der Waals surface area (Å²) in [6.45, 7) is 1.98. The average Bonchev–Trinajstić information content (AvgIpc) is 2.33. The molecule has 0 spiro atoms. The van der Waals surface area contributed by atoms with E-state index in [-0.39, 0.29) is 6.04 Å². The van der Waals surface area contributed by atoms with Gasteiger partial charge in [0.2, 0.25) is 0 Å². The van der Waals surface area contributed by atoms with Crippen molar-refractivity contribution in [3.05, 3.63) is 40.3 Å². The van der Waals surface area contributed by atoms with Gasteiger partial charge in [-0.3, -0.25) is 0 Å². The molecule has 0 fully saturated rings. The number of hydrazine groups is 1. The summed E-state index contributed by atoms with van der Waals surface area (Å²) in [5, 5.41) is 14.9. The van der Waals surface area contributed by atoms with Crippen molar-refractivity contribution in [2.24, 2.45) is 5.29 Å². The Balaban J connectivity index is 2.58. The van der Waals surface area contributed by atoms with Crippen LogP contribution < -0.4 is 0 Å². The van der Waals surface area contributed by atoms with Gasteiger partial charge in [0.1, 0.15) is 0 Å². The Kier molecular flexibility index (Phi) is 2.59. The standard InChI is InChI=1S/C11H12N4O/c1-8-9-5-3-4-6-10(9)11(7-12)15(13-16)14(8)2/h3-6,8,11H,1-2H3. The summed E-state index contributed by atoms with van der Waals surface area (Å²) in [5.74, 6) is 0. The molecule has 0 amide bonds. The quantitative estimate of drug-likeness (QED) is 0.675. The van der Waals surface area contributed by atoms with E-state index in [1.54, 1.807) is 12.1 Å². The van der Waals surface area contributed by atoms with Crippen molar-refractivity contribution in [1.82, 2.24) is 10.1 Å². The van der Waals surface area contributed by atoms with Crippen LogP contribution in [0.25, 0.3) is 0 Å². The van der Waals surface area contributed by atoms with Crippen LogP contribution in [-0.2, 0) is 0 Å². The smallest absolute Gasteiger partial charge is 0.179 e. The Labute approximate surface area is 93.8 Å². The molecule has 16 heavy (non-hydrogen) atoms. The second-order valence-corrected chi connectivity index (χ2v) is 3.81. The number of nitriles is 1. The summed E-state index contributed by atoms with van der Waals surface area (Å²) >= 11 is 0. The van der Waals surface area contributed by atoms with E-state index in [9.17, 15) is 4.91 Å². The van der Waals surface area contributed by atoms with Crippen molar-refractivity contribution in [2.75, 3.05) is 7.05 Å². The van der Waals surface area contributed by atoms with Gasteiger partial charge in [0.15, 0.2) is 6.04 Å². The predicted octanol–water partition coefficient (Wildman–Crippen LogP) is 2.16. The Morgan fingerprint density at radius 2 is 2.00 bits per heavy atom. The van der Waals surface area contributed by atoms with Crippen molar-refractivity contribution in [2.45, 2.75) is 19.0 Å². The third-order valence-electron chi connectivity index (χ3n) is 3.06. The Hall–Kier alpha value is -1.93. The highest BCUT2D eigenvalue weighted by Crippen LogP contribution is 2.37. The Morgan fingerprint density at radius 1 is 1.38 bits per heavy atom. The molecule has 1 heterocycles. The summed E-state index contributed by atoms with van der Waals surface area (Å²) in [6, 6.07) is 9.15. The van der Waals surface area contributed by atoms with Gasteiger partial charge in [0, 0.05) is 7.05 Å². The van der Waals surface area contributed by atoms with E-state index in [1.807, 2.05) is 31.2 Å². The lowest BCUT2D eigenvalue weighted by molar-refractivity contribution is -0.0679. The summed E-state index contributed by atoms with van der Waals surface area (Å²) in [7, 11) is 1.76. The fourth-order valence-electron chi connectivity index (χ4n) is 2.05. The zero-order valence-electron chi connectivity index (χ0n) is 9.16. The number of hydrogen-bond donors (Lipinski definition) is 0. The van der Waals surface area contributed by atoms with Gasteiger partial charge in [-0.05, 0) is 18.1 Å². The van der Waals surface area contributed by atoms with Crippen LogP contribution in [0.2, 0.25) is 0 Å². The van der Waals surface area contributed by atoms with Gasteiger partial charge >= 0.3 is 0 Å². The molecular formula is C11H12N4O. The van der Waals surface area contributed by atoms with Crippen molar-refractivity contribution >= 4 is 0 Å². The van der Waals surface area contributed by atoms with E-state index in [0.29, 0.717) is 0 Å². The molecule has 1 aliphatic heterocycles. The Bertz CT molecular complexity index is 454. The van der Waals surface area contributed by atoms with Crippen molar-refractivity contribution < 1.29 is 0 Å². The molecule has 1 aromatic carbocycles. The van der Waals surface area contributed by atoms with Gasteiger partial charge in [-0.2, -0.15) is 15.4 Å². The lowest BCUT2D eigenvalue weighted by Gasteiger charge is -2.40. The van der Waals surface area contributed by atoms with Crippen LogP contribution in [-0.4, -0.2) is 17.2 Å². The molecule has 2 unspecified atom stereocenters. The molecule has 1 aliphatic rings. The second-order valence-electron chi connectivity index (χ2n) is 3.81. The molecule has 5 heteroatoms. The lowest BCUT2D eigenvalue weighted by Crippen LogP contribution is -2.43. The zero-order valence-corrected chi connectivity index (χ0v) is 9.16. The van der Waals surface area contributed by atoms with Gasteiger partial charge in [-0.25, -0.2) is 0 Å². The molecule has 1 aromatic rings. The number of benzene rings is 1. The number of nitrogens with zero attached hydrogens (tertiary/aromatic N) is 4. The van der Waals surface area contributed by atoms with E-state index >= 15 is 0 Å². The molecule has 0 aromatic heterocycles. The van der Waals surface area contributed by atoms with Crippen LogP contribution in [0.5, 0.6) is 0 Å². The van der Waals surface area contributed by atoms with E-state index in [4.69, 9.17) is 5.26 Å². The first kappa shape index (κ1) is 10.6. The van der Waals surface area contributed by atoms with Crippen LogP contribution in [0.15, 0.2) is 29.6 Å². The topological polar surface area (TPSA) is 59.7 Å². The molecule has 0 radical (unpaired) electrons. The summed E-state index contributed by atoms with van der Waals surface area (Å²) in [6.07, 6.45) is 0. The van der Waals surface area contributed by atoms with Crippen LogP contribution >= 0.6 is 0 Å². The van der Waals surface area contributed by atoms with Gasteiger partial charge < -0.3 is 0 Å². The number of fused-ring (bicyclic) bond motifs is 1. The van der Waals surface area contributed by atoms with Crippen molar-refractivity contribution in [3.8, 4) is 6.07 Å². The van der Waals surface area contributed by atoms with Crippen LogP contribution in [0.1, 0.15) is 30.1 Å². The van der Waals surface area contributed by atoms with Crippen molar-refractivity contribution in [3.63, 3.8) is 0 Å². The summed E-state index contributed by atoms with van der Waals surface area (Å²) < 4.78 is 0. The minimum absolute atomic E-state index is 0.0403. The number of nitroso groups, excluding NO2 is 1. The van der Waals surface area contributed by atoms with Gasteiger partial charge in [-0.1, -0.05) is 24.3 Å². The molecule has 0 aliphatic carbocycles. The third-order valence-corrected chi connectivity index (χ3v) is 3.06. The molecule has 2 atom stereocenters. The molecule has 2 rings (SSSR count). The Morgan fingerprint density at radius 3 is 2.56 bits per heavy atom. The van der Waals surface area contributed by atoms with Gasteiger partial charge in [0.25, 0.3) is 0 Å². The van der Waals surface area contributed by atoms with Gasteiger partial charge in [0.05, 0.1) is 17.4 Å². The maximum absolute atomic E-state index is 10.8. The number of hydrogen-bond acceptors (Lipinski definition) is 4. The third kappa shape index (κ3) is 1.35. The largest absolute Gasteiger partial charge is 0.196 e. The zero-order chi connectivity index (χ0) is 11.7. The van der Waals surface area contributed by atoms with E-state index < -0.39 is 6.04 Å². The summed E-state index contributed by atoms with van der Waals surface area (Å²) in [4.78, 5) is 10.8. The van der Waals surface area contributed by atoms with E-state index in [2.05, 4.69) is 11.4 Å². The highest BCUT2D eigenvalue weighted by Gasteiger charge is 2.35. The molecule has 0 N–H and O–H groups in total. The minimum Gasteiger partial charge on any atom is -0.196 e. The van der Waals surface area contributed by atoms with Crippen LogP contribution in [0.3, 0.4) is 0 Å². The van der Waals surface area contributed by atoms with Gasteiger partial charge in [-0.15, -0.1) is 4.91 Å². The minimum atomic E-state index is -0.630. The summed E-state index contributed by atoms with van der Waals surface area (Å²) in [5.41, 5.74) is 1.92. The molecule has 0 bridgehead atoms. The maximum Gasteiger partial charge on any atom is 0.179 e. The van der Waals surface area contributed by atoms with Crippen LogP contribution in [0, 0.1) is 16.2 Å². The predicted molar refractivity (Wildman–Crippen MR) is 58.6 cm³/mol. The normalized spacial score (nSPS) is 24.7. The molecule has 0 saturated heterocycles. The lowest BCUT2D eigenvalue weighted by atomic mass is 9.94. The van der Waals surface area contributed by atoms with E-state index in [1.165, 1.54) is 5.12 Å². The molecule has 0 saturated carbocycles. The first-order valence-corrected chi connectivity index (χ1v) is 5.04.